The minimum atomic E-state index is -3.67. The van der Waals surface area contributed by atoms with Gasteiger partial charge < -0.3 is 5.11 Å². The Kier molecular flexibility index (Phi) is 4.83. The molecule has 0 bridgehead atoms. The zero-order valence-electron chi connectivity index (χ0n) is 13.4. The van der Waals surface area contributed by atoms with Crippen LogP contribution in [0, 0.1) is 0 Å². The van der Waals surface area contributed by atoms with Gasteiger partial charge in [-0.2, -0.15) is 0 Å². The van der Waals surface area contributed by atoms with Crippen LogP contribution in [-0.4, -0.2) is 30.4 Å². The number of carbonyl (C=O) groups is 1. The number of rotatable bonds is 6. The van der Waals surface area contributed by atoms with Gasteiger partial charge in [-0.25, -0.2) is 12.4 Å². The molecule has 0 radical (unpaired) electrons. The van der Waals surface area contributed by atoms with Gasteiger partial charge in [-0.15, -0.1) is 0 Å². The molecule has 5 nitrogen and oxygen atoms in total. The lowest BCUT2D eigenvalue weighted by atomic mass is 10.0. The third-order valence-electron chi connectivity index (χ3n) is 3.98. The fraction of sp³-hybridized carbons (Fsp3) is 0.105. The van der Waals surface area contributed by atoms with Crippen LogP contribution in [0.15, 0.2) is 71.8 Å². The molecule has 1 N–H and O–H groups in total. The van der Waals surface area contributed by atoms with Crippen LogP contribution in [0.4, 0.5) is 0 Å². The maximum absolute atomic E-state index is 12.8. The Bertz CT molecular complexity index is 1030. The Morgan fingerprint density at radius 1 is 1.08 bits per heavy atom. The molecule has 0 saturated carbocycles. The summed E-state index contributed by atoms with van der Waals surface area (Å²) >= 11 is 0. The van der Waals surface area contributed by atoms with Crippen LogP contribution in [0.1, 0.15) is 12.0 Å². The van der Waals surface area contributed by atoms with Crippen molar-refractivity contribution in [2.45, 2.75) is 11.3 Å². The van der Waals surface area contributed by atoms with E-state index < -0.39 is 10.0 Å². The molecule has 3 aromatic rings. The lowest BCUT2D eigenvalue weighted by molar-refractivity contribution is -0.104. The predicted octanol–water partition coefficient (Wildman–Crippen LogP) is 2.84. The second-order valence-electron chi connectivity index (χ2n) is 5.50. The van der Waals surface area contributed by atoms with Crippen molar-refractivity contribution in [1.29, 1.82) is 0 Å². The lowest BCUT2D eigenvalue weighted by Gasteiger charge is -2.09. The van der Waals surface area contributed by atoms with Gasteiger partial charge in [-0.05, 0) is 54.0 Å². The molecule has 2 aromatic carbocycles. The summed E-state index contributed by atoms with van der Waals surface area (Å²) in [4.78, 5) is 11.0. The number of hydrogen-bond donors (Lipinski definition) is 1. The van der Waals surface area contributed by atoms with Crippen molar-refractivity contribution in [2.24, 2.45) is 0 Å². The molecule has 3 rings (SSSR count). The van der Waals surface area contributed by atoms with Crippen LogP contribution in [0.3, 0.4) is 0 Å². The minimum Gasteiger partial charge on any atom is -0.396 e. The Morgan fingerprint density at radius 3 is 2.52 bits per heavy atom. The van der Waals surface area contributed by atoms with Crippen molar-refractivity contribution in [3.63, 3.8) is 0 Å². The van der Waals surface area contributed by atoms with Crippen molar-refractivity contribution >= 4 is 32.8 Å². The van der Waals surface area contributed by atoms with Crippen LogP contribution < -0.4 is 0 Å². The average molecular weight is 355 g/mol. The van der Waals surface area contributed by atoms with Gasteiger partial charge in [0.2, 0.25) is 0 Å². The third kappa shape index (κ3) is 3.26. The van der Waals surface area contributed by atoms with E-state index in [1.54, 1.807) is 48.5 Å². The average Bonchev–Trinajstić information content (AvgIpc) is 3.06. The molecule has 0 aliphatic carbocycles. The normalized spacial score (nSPS) is 12.4. The SMILES string of the molecule is O=C/C=C(/CCO)c1ccc2c(ccn2S(=O)(=O)c2ccccc2)c1. The predicted molar refractivity (Wildman–Crippen MR) is 96.7 cm³/mol. The summed E-state index contributed by atoms with van der Waals surface area (Å²) < 4.78 is 26.9. The van der Waals surface area contributed by atoms with E-state index in [0.29, 0.717) is 23.8 Å². The first-order chi connectivity index (χ1) is 12.1. The lowest BCUT2D eigenvalue weighted by Crippen LogP contribution is -2.11. The first-order valence-electron chi connectivity index (χ1n) is 7.75. The summed E-state index contributed by atoms with van der Waals surface area (Å²) in [5.41, 5.74) is 2.05. The summed E-state index contributed by atoms with van der Waals surface area (Å²) in [6.07, 6.45) is 3.97. The Labute approximate surface area is 145 Å². The number of carbonyl (C=O) groups excluding carboxylic acids is 1. The van der Waals surface area contributed by atoms with Gasteiger partial charge in [-0.3, -0.25) is 4.79 Å². The van der Waals surface area contributed by atoms with Gasteiger partial charge in [0.25, 0.3) is 10.0 Å². The monoisotopic (exact) mass is 355 g/mol. The van der Waals surface area contributed by atoms with Gasteiger partial charge in [-0.1, -0.05) is 24.3 Å². The maximum atomic E-state index is 12.8. The molecular weight excluding hydrogens is 338 g/mol. The quantitative estimate of drug-likeness (QED) is 0.545. The Morgan fingerprint density at radius 2 is 1.84 bits per heavy atom. The highest BCUT2D eigenvalue weighted by Gasteiger charge is 2.18. The van der Waals surface area contributed by atoms with E-state index in [2.05, 4.69) is 0 Å². The number of aldehydes is 1. The standard InChI is InChI=1S/C19H17NO4S/c21-12-9-15(10-13-22)16-6-7-19-17(14-16)8-11-20(19)25(23,24)18-4-2-1-3-5-18/h1-9,11-12,14,22H,10,13H2/b15-9-. The molecule has 0 saturated heterocycles. The van der Waals surface area contributed by atoms with E-state index in [1.165, 1.54) is 16.2 Å². The van der Waals surface area contributed by atoms with Gasteiger partial charge in [0.05, 0.1) is 10.4 Å². The molecule has 0 spiro atoms. The van der Waals surface area contributed by atoms with Gasteiger partial charge >= 0.3 is 0 Å². The van der Waals surface area contributed by atoms with E-state index in [9.17, 15) is 13.2 Å². The highest BCUT2D eigenvalue weighted by Crippen LogP contribution is 2.26. The Balaban J connectivity index is 2.10. The zero-order chi connectivity index (χ0) is 17.9. The fourth-order valence-corrected chi connectivity index (χ4v) is 4.13. The van der Waals surface area contributed by atoms with E-state index in [0.717, 1.165) is 10.9 Å². The number of fused-ring (bicyclic) bond motifs is 1. The van der Waals surface area contributed by atoms with E-state index in [1.807, 2.05) is 6.07 Å². The van der Waals surface area contributed by atoms with Crippen molar-refractivity contribution in [1.82, 2.24) is 3.97 Å². The summed E-state index contributed by atoms with van der Waals surface area (Å²) in [6.45, 7) is -0.0683. The fourth-order valence-electron chi connectivity index (χ4n) is 2.76. The second-order valence-corrected chi connectivity index (χ2v) is 7.32. The molecule has 0 fully saturated rings. The largest absolute Gasteiger partial charge is 0.396 e. The first kappa shape index (κ1) is 17.1. The second kappa shape index (κ2) is 7.04. The number of nitrogens with zero attached hydrogens (tertiary/aromatic N) is 1. The minimum absolute atomic E-state index is 0.0683. The van der Waals surface area contributed by atoms with E-state index in [-0.39, 0.29) is 11.5 Å². The molecule has 0 aliphatic heterocycles. The zero-order valence-corrected chi connectivity index (χ0v) is 14.2. The summed E-state index contributed by atoms with van der Waals surface area (Å²) in [5, 5.41) is 9.88. The molecule has 6 heteroatoms. The number of aromatic nitrogens is 1. The molecule has 25 heavy (non-hydrogen) atoms. The molecular formula is C19H17NO4S. The van der Waals surface area contributed by atoms with Crippen molar-refractivity contribution in [2.75, 3.05) is 6.61 Å². The smallest absolute Gasteiger partial charge is 0.268 e. The summed E-state index contributed by atoms with van der Waals surface area (Å²) in [7, 11) is -3.67. The van der Waals surface area contributed by atoms with Crippen LogP contribution in [0.25, 0.3) is 16.5 Å². The van der Waals surface area contributed by atoms with E-state index >= 15 is 0 Å². The van der Waals surface area contributed by atoms with Gasteiger partial charge in [0.1, 0.15) is 6.29 Å². The van der Waals surface area contributed by atoms with Crippen LogP contribution >= 0.6 is 0 Å². The highest BCUT2D eigenvalue weighted by atomic mass is 32.2. The van der Waals surface area contributed by atoms with Crippen molar-refractivity contribution in [3.8, 4) is 0 Å². The molecule has 0 amide bonds. The van der Waals surface area contributed by atoms with Gasteiger partial charge in [0, 0.05) is 18.2 Å². The van der Waals surface area contributed by atoms with Gasteiger partial charge in [0.15, 0.2) is 0 Å². The number of aliphatic hydroxyl groups excluding tert-OH is 1. The van der Waals surface area contributed by atoms with Crippen molar-refractivity contribution in [3.05, 3.63) is 72.4 Å². The van der Waals surface area contributed by atoms with Crippen molar-refractivity contribution < 1.29 is 18.3 Å². The molecule has 128 valence electrons. The molecule has 1 aromatic heterocycles. The number of aliphatic hydroxyl groups is 1. The van der Waals surface area contributed by atoms with E-state index in [4.69, 9.17) is 5.11 Å². The Hall–Kier alpha value is -2.70. The summed E-state index contributed by atoms with van der Waals surface area (Å²) in [5.74, 6) is 0. The molecule has 0 unspecified atom stereocenters. The molecule has 1 heterocycles. The number of benzene rings is 2. The highest BCUT2D eigenvalue weighted by molar-refractivity contribution is 7.90. The van der Waals surface area contributed by atoms with Crippen LogP contribution in [0.2, 0.25) is 0 Å². The summed E-state index contributed by atoms with van der Waals surface area (Å²) in [6, 6.07) is 15.2. The van der Waals surface area contributed by atoms with Crippen LogP contribution in [-0.2, 0) is 14.8 Å². The van der Waals surface area contributed by atoms with Crippen LogP contribution in [0.5, 0.6) is 0 Å². The topological polar surface area (TPSA) is 76.4 Å². The molecule has 0 atom stereocenters. The first-order valence-corrected chi connectivity index (χ1v) is 9.19. The number of allylic oxidation sites excluding steroid dienone is 1. The maximum Gasteiger partial charge on any atom is 0.268 e. The molecule has 0 aliphatic rings. The number of hydrogen-bond acceptors (Lipinski definition) is 4. The third-order valence-corrected chi connectivity index (χ3v) is 5.68.